The first kappa shape index (κ1) is 16.7. The van der Waals surface area contributed by atoms with Crippen molar-refractivity contribution in [1.82, 2.24) is 34.8 Å². The molecule has 0 bridgehead atoms. The summed E-state index contributed by atoms with van der Waals surface area (Å²) in [5, 5.41) is 15.7. The molecule has 2 heterocycles. The van der Waals surface area contributed by atoms with Gasteiger partial charge in [-0.2, -0.15) is 5.10 Å². The SMILES string of the molecule is C=CCNC(=NCc1nnc(C)n1C)N(C)Cc1cnn(C)c1. The Morgan fingerprint density at radius 3 is 2.78 bits per heavy atom. The highest BCUT2D eigenvalue weighted by molar-refractivity contribution is 5.79. The summed E-state index contributed by atoms with van der Waals surface area (Å²) in [6.45, 7) is 7.49. The lowest BCUT2D eigenvalue weighted by Gasteiger charge is -2.21. The highest BCUT2D eigenvalue weighted by Crippen LogP contribution is 2.04. The van der Waals surface area contributed by atoms with E-state index >= 15 is 0 Å². The molecular formula is C15H24N8. The van der Waals surface area contributed by atoms with E-state index < -0.39 is 0 Å². The van der Waals surface area contributed by atoms with E-state index in [9.17, 15) is 0 Å². The summed E-state index contributed by atoms with van der Waals surface area (Å²) in [4.78, 5) is 6.69. The molecule has 23 heavy (non-hydrogen) atoms. The second-order valence-electron chi connectivity index (χ2n) is 5.41. The summed E-state index contributed by atoms with van der Waals surface area (Å²) in [7, 11) is 5.84. The van der Waals surface area contributed by atoms with Gasteiger partial charge in [-0.1, -0.05) is 6.08 Å². The van der Waals surface area contributed by atoms with E-state index in [0.717, 1.165) is 23.2 Å². The van der Waals surface area contributed by atoms with E-state index in [0.29, 0.717) is 19.6 Å². The molecule has 0 fully saturated rings. The van der Waals surface area contributed by atoms with E-state index in [1.54, 1.807) is 10.8 Å². The van der Waals surface area contributed by atoms with Crippen LogP contribution in [0.2, 0.25) is 0 Å². The fourth-order valence-electron chi connectivity index (χ4n) is 2.11. The van der Waals surface area contributed by atoms with Crippen LogP contribution in [0, 0.1) is 6.92 Å². The standard InChI is InChI=1S/C15H24N8/c1-6-7-16-15(17-9-14-20-19-12(2)23(14)5)21(3)10-13-8-18-22(4)11-13/h6,8,11H,1,7,9-10H2,2-5H3,(H,16,17). The summed E-state index contributed by atoms with van der Waals surface area (Å²) >= 11 is 0. The van der Waals surface area contributed by atoms with Gasteiger partial charge in [0.1, 0.15) is 12.4 Å². The van der Waals surface area contributed by atoms with Gasteiger partial charge in [0, 0.05) is 46.0 Å². The third-order valence-corrected chi connectivity index (χ3v) is 3.50. The second kappa shape index (κ2) is 7.57. The van der Waals surface area contributed by atoms with Gasteiger partial charge in [0.25, 0.3) is 0 Å². The van der Waals surface area contributed by atoms with Crippen molar-refractivity contribution in [2.24, 2.45) is 19.1 Å². The predicted octanol–water partition coefficient (Wildman–Crippen LogP) is 0.621. The Morgan fingerprint density at radius 1 is 1.43 bits per heavy atom. The van der Waals surface area contributed by atoms with E-state index in [1.807, 2.05) is 49.9 Å². The maximum absolute atomic E-state index is 4.64. The number of rotatable bonds is 6. The Morgan fingerprint density at radius 2 is 2.22 bits per heavy atom. The van der Waals surface area contributed by atoms with Crippen LogP contribution in [0.1, 0.15) is 17.2 Å². The maximum atomic E-state index is 4.64. The minimum absolute atomic E-state index is 0.466. The Labute approximate surface area is 136 Å². The van der Waals surface area contributed by atoms with Gasteiger partial charge in [-0.3, -0.25) is 4.68 Å². The third kappa shape index (κ3) is 4.41. The fourth-order valence-corrected chi connectivity index (χ4v) is 2.11. The number of aliphatic imine (C=N–C) groups is 1. The lowest BCUT2D eigenvalue weighted by Crippen LogP contribution is -2.38. The van der Waals surface area contributed by atoms with Crippen molar-refractivity contribution < 1.29 is 0 Å². The quantitative estimate of drug-likeness (QED) is 0.480. The number of aromatic nitrogens is 5. The molecule has 0 aliphatic rings. The average molecular weight is 316 g/mol. The zero-order valence-corrected chi connectivity index (χ0v) is 14.2. The van der Waals surface area contributed by atoms with Crippen molar-refractivity contribution in [3.63, 3.8) is 0 Å². The van der Waals surface area contributed by atoms with Crippen LogP contribution in [0.5, 0.6) is 0 Å². The summed E-state index contributed by atoms with van der Waals surface area (Å²) in [6.07, 6.45) is 5.65. The Kier molecular flexibility index (Phi) is 5.51. The lowest BCUT2D eigenvalue weighted by atomic mass is 10.3. The van der Waals surface area contributed by atoms with Crippen molar-refractivity contribution in [1.29, 1.82) is 0 Å². The van der Waals surface area contributed by atoms with Crippen molar-refractivity contribution in [2.45, 2.75) is 20.0 Å². The zero-order chi connectivity index (χ0) is 16.8. The number of hydrogen-bond acceptors (Lipinski definition) is 4. The van der Waals surface area contributed by atoms with Crippen molar-refractivity contribution in [3.8, 4) is 0 Å². The van der Waals surface area contributed by atoms with Crippen LogP contribution in [-0.4, -0.2) is 49.0 Å². The molecule has 0 saturated heterocycles. The molecule has 0 unspecified atom stereocenters. The summed E-state index contributed by atoms with van der Waals surface area (Å²) in [5.41, 5.74) is 1.12. The predicted molar refractivity (Wildman–Crippen MR) is 89.8 cm³/mol. The van der Waals surface area contributed by atoms with Crippen molar-refractivity contribution in [3.05, 3.63) is 42.3 Å². The molecule has 0 spiro atoms. The van der Waals surface area contributed by atoms with Crippen LogP contribution in [-0.2, 0) is 27.2 Å². The molecule has 2 rings (SSSR count). The highest BCUT2D eigenvalue weighted by Gasteiger charge is 2.09. The molecule has 0 atom stereocenters. The minimum Gasteiger partial charge on any atom is -0.353 e. The van der Waals surface area contributed by atoms with Crippen molar-refractivity contribution >= 4 is 5.96 Å². The monoisotopic (exact) mass is 316 g/mol. The Hall–Kier alpha value is -2.64. The van der Waals surface area contributed by atoms with Gasteiger partial charge < -0.3 is 14.8 Å². The molecular weight excluding hydrogens is 292 g/mol. The zero-order valence-electron chi connectivity index (χ0n) is 14.2. The topological polar surface area (TPSA) is 76.2 Å². The van der Waals surface area contributed by atoms with Gasteiger partial charge >= 0.3 is 0 Å². The molecule has 0 aliphatic heterocycles. The lowest BCUT2D eigenvalue weighted by molar-refractivity contribution is 0.477. The summed E-state index contributed by atoms with van der Waals surface area (Å²) < 4.78 is 3.73. The molecule has 0 aromatic carbocycles. The number of nitrogens with zero attached hydrogens (tertiary/aromatic N) is 7. The third-order valence-electron chi connectivity index (χ3n) is 3.50. The Balaban J connectivity index is 2.09. The number of hydrogen-bond donors (Lipinski definition) is 1. The van der Waals surface area contributed by atoms with Gasteiger partial charge in [-0.25, -0.2) is 4.99 Å². The molecule has 0 aliphatic carbocycles. The minimum atomic E-state index is 0.466. The molecule has 2 aromatic rings. The van der Waals surface area contributed by atoms with Gasteiger partial charge in [0.05, 0.1) is 6.20 Å². The summed E-state index contributed by atoms with van der Waals surface area (Å²) in [5.74, 6) is 2.49. The fraction of sp³-hybridized carbons (Fsp3) is 0.467. The van der Waals surface area contributed by atoms with E-state index in [1.165, 1.54) is 0 Å². The van der Waals surface area contributed by atoms with Gasteiger partial charge in [0.15, 0.2) is 11.8 Å². The molecule has 2 aromatic heterocycles. The van der Waals surface area contributed by atoms with Crippen LogP contribution in [0.15, 0.2) is 30.0 Å². The molecule has 8 heteroatoms. The average Bonchev–Trinajstić information content (AvgIpc) is 3.07. The molecule has 0 saturated carbocycles. The molecule has 124 valence electrons. The summed E-state index contributed by atoms with van der Waals surface area (Å²) in [6, 6.07) is 0. The van der Waals surface area contributed by atoms with Gasteiger partial charge in [0.2, 0.25) is 0 Å². The van der Waals surface area contributed by atoms with E-state index in [2.05, 4.69) is 32.2 Å². The van der Waals surface area contributed by atoms with Gasteiger partial charge in [-0.15, -0.1) is 16.8 Å². The van der Waals surface area contributed by atoms with E-state index in [-0.39, 0.29) is 0 Å². The number of nitrogens with one attached hydrogen (secondary N) is 1. The maximum Gasteiger partial charge on any atom is 0.194 e. The largest absolute Gasteiger partial charge is 0.353 e. The molecule has 1 N–H and O–H groups in total. The van der Waals surface area contributed by atoms with Crippen LogP contribution in [0.25, 0.3) is 0 Å². The van der Waals surface area contributed by atoms with Crippen LogP contribution in [0.3, 0.4) is 0 Å². The van der Waals surface area contributed by atoms with E-state index in [4.69, 9.17) is 0 Å². The molecule has 0 amide bonds. The highest BCUT2D eigenvalue weighted by atomic mass is 15.3. The van der Waals surface area contributed by atoms with Crippen LogP contribution in [0.4, 0.5) is 0 Å². The molecule has 0 radical (unpaired) electrons. The first-order valence-corrected chi connectivity index (χ1v) is 7.44. The number of aryl methyl sites for hydroxylation is 2. The first-order chi connectivity index (χ1) is 11.0. The smallest absolute Gasteiger partial charge is 0.194 e. The van der Waals surface area contributed by atoms with Crippen molar-refractivity contribution in [2.75, 3.05) is 13.6 Å². The van der Waals surface area contributed by atoms with Crippen LogP contribution >= 0.6 is 0 Å². The second-order valence-corrected chi connectivity index (χ2v) is 5.41. The molecule has 8 nitrogen and oxygen atoms in total. The van der Waals surface area contributed by atoms with Crippen LogP contribution < -0.4 is 5.32 Å². The normalized spacial score (nSPS) is 11.6. The van der Waals surface area contributed by atoms with Gasteiger partial charge in [-0.05, 0) is 6.92 Å². The Bertz CT molecular complexity index is 681. The first-order valence-electron chi connectivity index (χ1n) is 7.44. The number of guanidine groups is 1.